The molecule has 1 aliphatic rings. The monoisotopic (exact) mass is 629 g/mol. The van der Waals surface area contributed by atoms with E-state index in [1.165, 1.54) is 0 Å². The maximum Gasteiger partial charge on any atom is 0.415 e. The van der Waals surface area contributed by atoms with Gasteiger partial charge in [-0.3, -0.25) is 14.5 Å². The molecule has 0 unspecified atom stereocenters. The van der Waals surface area contributed by atoms with E-state index in [2.05, 4.69) is 10.6 Å². The third kappa shape index (κ3) is 8.35. The molecule has 1 aliphatic heterocycles. The van der Waals surface area contributed by atoms with E-state index < -0.39 is 35.8 Å². The topological polar surface area (TPSA) is 143 Å². The Kier molecular flexibility index (Phi) is 10.6. The summed E-state index contributed by atoms with van der Waals surface area (Å²) >= 11 is 0. The number of fused-ring (bicyclic) bond motifs is 1. The number of nitrogens with zero attached hydrogens (tertiary/aromatic N) is 2. The quantitative estimate of drug-likeness (QED) is 0.240. The summed E-state index contributed by atoms with van der Waals surface area (Å²) in [5.74, 6) is -0.390. The molecule has 0 aliphatic carbocycles. The number of amides is 4. The Bertz CT molecular complexity index is 1550. The van der Waals surface area contributed by atoms with Crippen molar-refractivity contribution in [1.29, 1.82) is 0 Å². The molecule has 0 saturated carbocycles. The van der Waals surface area contributed by atoms with Crippen LogP contribution in [0.2, 0.25) is 0 Å². The van der Waals surface area contributed by atoms with Crippen molar-refractivity contribution < 1.29 is 28.7 Å². The van der Waals surface area contributed by atoms with Crippen LogP contribution in [0.4, 0.5) is 32.3 Å². The minimum Gasteiger partial charge on any atom is -0.444 e. The highest BCUT2D eigenvalue weighted by atomic mass is 16.6. The number of nitrogens with one attached hydrogen (secondary N) is 2. The SMILES string of the molecule is CCC(=O)N1c2ccccc2[C@H](N(C(=O)OCc2ccc(NC(=O)[C@H](C)NC(=O)OC(C)(C)C)cc2)c2ccc(N)cc2)C[C@@H]1C. The molecular formula is C35H43N5O6. The summed E-state index contributed by atoms with van der Waals surface area (Å²) in [6.45, 7) is 10.6. The second-order valence-electron chi connectivity index (χ2n) is 12.3. The molecule has 11 nitrogen and oxygen atoms in total. The second-order valence-corrected chi connectivity index (χ2v) is 12.3. The number of rotatable bonds is 8. The zero-order valence-corrected chi connectivity index (χ0v) is 27.2. The molecule has 0 fully saturated rings. The van der Waals surface area contributed by atoms with Crippen molar-refractivity contribution in [2.75, 3.05) is 20.9 Å². The first-order valence-corrected chi connectivity index (χ1v) is 15.4. The van der Waals surface area contributed by atoms with Gasteiger partial charge in [-0.2, -0.15) is 0 Å². The van der Waals surface area contributed by atoms with Crippen LogP contribution in [0.5, 0.6) is 0 Å². The van der Waals surface area contributed by atoms with Crippen LogP contribution in [0.1, 0.15) is 71.6 Å². The van der Waals surface area contributed by atoms with Crippen molar-refractivity contribution in [1.82, 2.24) is 5.32 Å². The first kappa shape index (κ1) is 33.8. The Morgan fingerprint density at radius 3 is 2.28 bits per heavy atom. The fourth-order valence-corrected chi connectivity index (χ4v) is 5.32. The van der Waals surface area contributed by atoms with Gasteiger partial charge in [0.25, 0.3) is 0 Å². The summed E-state index contributed by atoms with van der Waals surface area (Å²) in [6.07, 6.45) is -0.347. The Labute approximate surface area is 270 Å². The summed E-state index contributed by atoms with van der Waals surface area (Å²) in [6, 6.07) is 20.2. The number of nitrogens with two attached hydrogens (primary N) is 1. The van der Waals surface area contributed by atoms with Gasteiger partial charge in [0, 0.05) is 35.2 Å². The maximum absolute atomic E-state index is 13.8. The lowest BCUT2D eigenvalue weighted by Crippen LogP contribution is -2.47. The highest BCUT2D eigenvalue weighted by molar-refractivity contribution is 5.97. The molecule has 1 heterocycles. The van der Waals surface area contributed by atoms with Crippen molar-refractivity contribution in [3.8, 4) is 0 Å². The number of carbonyl (C=O) groups excluding carboxylic acids is 4. The fraction of sp³-hybridized carbons (Fsp3) is 0.371. The van der Waals surface area contributed by atoms with E-state index in [4.69, 9.17) is 15.2 Å². The first-order valence-electron chi connectivity index (χ1n) is 15.4. The predicted octanol–water partition coefficient (Wildman–Crippen LogP) is 6.54. The van der Waals surface area contributed by atoms with Crippen LogP contribution in [-0.4, -0.2) is 41.7 Å². The van der Waals surface area contributed by atoms with Gasteiger partial charge in [0.15, 0.2) is 0 Å². The number of nitrogen functional groups attached to an aromatic ring is 1. The first-order chi connectivity index (χ1) is 21.8. The van der Waals surface area contributed by atoms with Crippen molar-refractivity contribution in [2.24, 2.45) is 0 Å². The van der Waals surface area contributed by atoms with E-state index in [1.807, 2.05) is 43.0 Å². The van der Waals surface area contributed by atoms with Gasteiger partial charge < -0.3 is 30.7 Å². The van der Waals surface area contributed by atoms with Gasteiger partial charge in [0.1, 0.15) is 18.2 Å². The zero-order valence-electron chi connectivity index (χ0n) is 27.2. The molecule has 3 aromatic rings. The van der Waals surface area contributed by atoms with Crippen LogP contribution in [-0.2, 0) is 25.7 Å². The van der Waals surface area contributed by atoms with Gasteiger partial charge in [0.2, 0.25) is 11.8 Å². The van der Waals surface area contributed by atoms with Gasteiger partial charge in [-0.05, 0) is 94.6 Å². The summed E-state index contributed by atoms with van der Waals surface area (Å²) in [4.78, 5) is 54.8. The Balaban J connectivity index is 1.48. The summed E-state index contributed by atoms with van der Waals surface area (Å²) in [5.41, 5.74) is 9.31. The van der Waals surface area contributed by atoms with E-state index in [0.717, 1.165) is 11.3 Å². The highest BCUT2D eigenvalue weighted by Crippen LogP contribution is 2.42. The van der Waals surface area contributed by atoms with Crippen LogP contribution in [0.3, 0.4) is 0 Å². The molecule has 0 radical (unpaired) electrons. The van der Waals surface area contributed by atoms with E-state index >= 15 is 0 Å². The van der Waals surface area contributed by atoms with Crippen LogP contribution < -0.4 is 26.2 Å². The lowest BCUT2D eigenvalue weighted by Gasteiger charge is -2.43. The molecule has 0 aromatic heterocycles. The van der Waals surface area contributed by atoms with Crippen LogP contribution >= 0.6 is 0 Å². The number of ether oxygens (including phenoxy) is 2. The lowest BCUT2D eigenvalue weighted by atomic mass is 9.90. The Hall–Kier alpha value is -5.06. The van der Waals surface area contributed by atoms with E-state index in [-0.39, 0.29) is 18.6 Å². The Morgan fingerprint density at radius 2 is 1.65 bits per heavy atom. The molecule has 0 saturated heterocycles. The smallest absolute Gasteiger partial charge is 0.415 e. The second kappa shape index (κ2) is 14.4. The van der Waals surface area contributed by atoms with E-state index in [0.29, 0.717) is 35.5 Å². The minimum absolute atomic E-state index is 0.0144. The number of carbonyl (C=O) groups is 4. The van der Waals surface area contributed by atoms with Crippen molar-refractivity contribution in [3.63, 3.8) is 0 Å². The maximum atomic E-state index is 13.8. The lowest BCUT2D eigenvalue weighted by molar-refractivity contribution is -0.119. The van der Waals surface area contributed by atoms with Gasteiger partial charge in [-0.15, -0.1) is 0 Å². The average Bonchev–Trinajstić information content (AvgIpc) is 3.00. The van der Waals surface area contributed by atoms with Crippen LogP contribution in [0.15, 0.2) is 72.8 Å². The van der Waals surface area contributed by atoms with Crippen molar-refractivity contribution >= 4 is 46.8 Å². The molecule has 244 valence electrons. The molecule has 0 bridgehead atoms. The predicted molar refractivity (Wildman–Crippen MR) is 178 cm³/mol. The molecule has 0 spiro atoms. The number of alkyl carbamates (subject to hydrolysis) is 1. The molecule has 3 aromatic carbocycles. The summed E-state index contributed by atoms with van der Waals surface area (Å²) < 4.78 is 11.0. The van der Waals surface area contributed by atoms with Crippen molar-refractivity contribution in [3.05, 3.63) is 83.9 Å². The van der Waals surface area contributed by atoms with E-state index in [9.17, 15) is 19.2 Å². The molecule has 4 amide bonds. The third-order valence-electron chi connectivity index (χ3n) is 7.52. The van der Waals surface area contributed by atoms with Crippen LogP contribution in [0, 0.1) is 0 Å². The van der Waals surface area contributed by atoms with Gasteiger partial charge in [0.05, 0.1) is 6.04 Å². The summed E-state index contributed by atoms with van der Waals surface area (Å²) in [5, 5.41) is 5.27. The van der Waals surface area contributed by atoms with Gasteiger partial charge in [-0.1, -0.05) is 37.3 Å². The zero-order chi connectivity index (χ0) is 33.6. The van der Waals surface area contributed by atoms with Crippen LogP contribution in [0.25, 0.3) is 0 Å². The summed E-state index contributed by atoms with van der Waals surface area (Å²) in [7, 11) is 0. The average molecular weight is 630 g/mol. The molecule has 4 N–H and O–H groups in total. The highest BCUT2D eigenvalue weighted by Gasteiger charge is 2.38. The fourth-order valence-electron chi connectivity index (χ4n) is 5.32. The normalized spacial score (nSPS) is 16.4. The largest absolute Gasteiger partial charge is 0.444 e. The number of hydrogen-bond donors (Lipinski definition) is 3. The minimum atomic E-state index is -0.824. The molecule has 46 heavy (non-hydrogen) atoms. The molecule has 11 heteroatoms. The number of anilines is 4. The third-order valence-corrected chi connectivity index (χ3v) is 7.52. The van der Waals surface area contributed by atoms with Gasteiger partial charge in [-0.25, -0.2) is 9.59 Å². The molecule has 3 atom stereocenters. The number of para-hydroxylation sites is 1. The van der Waals surface area contributed by atoms with Crippen molar-refractivity contribution in [2.45, 2.75) is 84.7 Å². The van der Waals surface area contributed by atoms with E-state index in [1.54, 1.807) is 81.1 Å². The number of hydrogen-bond acceptors (Lipinski definition) is 7. The number of benzene rings is 3. The van der Waals surface area contributed by atoms with Gasteiger partial charge >= 0.3 is 12.2 Å². The Morgan fingerprint density at radius 1 is 1.00 bits per heavy atom. The molecular weight excluding hydrogens is 586 g/mol. The standard InChI is InChI=1S/C35H43N5O6/c1-7-31(41)39-22(2)20-30(28-10-8-9-11-29(28)39)40(27-18-14-25(36)15-19-27)34(44)45-21-24-12-16-26(17-13-24)38-32(42)23(3)37-33(43)46-35(4,5)6/h8-19,22-23,30H,7,20-21,36H2,1-6H3,(H,37,43)(H,38,42)/t22-,23-,30+/m0/s1. The molecule has 4 rings (SSSR count).